The van der Waals surface area contributed by atoms with Gasteiger partial charge in [-0.2, -0.15) is 0 Å². The molecule has 9 heavy (non-hydrogen) atoms. The van der Waals surface area contributed by atoms with E-state index in [2.05, 4.69) is 6.92 Å². The average Bonchev–Trinajstić information content (AvgIpc) is 1.77. The minimum absolute atomic E-state index is 0. The Labute approximate surface area is 73.0 Å². The third-order valence-corrected chi connectivity index (χ3v) is 1.33. The predicted molar refractivity (Wildman–Crippen MR) is 35.9 cm³/mol. The van der Waals surface area contributed by atoms with Crippen LogP contribution >= 0.6 is 11.6 Å². The van der Waals surface area contributed by atoms with Crippen LogP contribution in [0.1, 0.15) is 5.56 Å². The molecule has 1 rings (SSSR count). The number of hydrogen-bond donors (Lipinski definition) is 0. The Hall–Kier alpha value is 0.133. The molecule has 0 aromatic heterocycles. The second-order valence-electron chi connectivity index (χ2n) is 1.59. The number of benzene rings is 1. The van der Waals surface area contributed by atoms with Crippen LogP contribution in [0, 0.1) is 6.92 Å². The van der Waals surface area contributed by atoms with Crippen LogP contribution in [0.5, 0.6) is 0 Å². The smallest absolute Gasteiger partial charge is 0.0438 e. The largest absolute Gasteiger partial charge is 0.0840 e. The maximum atomic E-state index is 5.65. The van der Waals surface area contributed by atoms with Gasteiger partial charge in [0.05, 0.1) is 0 Å². The molecule has 0 saturated heterocycles. The second kappa shape index (κ2) is 4.03. The molecule has 0 aliphatic carbocycles. The van der Waals surface area contributed by atoms with Crippen molar-refractivity contribution in [3.05, 3.63) is 41.8 Å². The van der Waals surface area contributed by atoms with Crippen molar-refractivity contribution < 1.29 is 19.5 Å². The number of halogens is 1. The van der Waals surface area contributed by atoms with Crippen LogP contribution in [-0.4, -0.2) is 0 Å². The van der Waals surface area contributed by atoms with E-state index < -0.39 is 0 Å². The fraction of sp³-hybridized carbons (Fsp3) is 0. The first-order valence-electron chi connectivity index (χ1n) is 2.37. The molecule has 0 unspecified atom stereocenters. The van der Waals surface area contributed by atoms with Gasteiger partial charge in [-0.25, -0.2) is 0 Å². The van der Waals surface area contributed by atoms with Gasteiger partial charge in [-0.3, -0.25) is 0 Å². The molecule has 0 nitrogen and oxygen atoms in total. The summed E-state index contributed by atoms with van der Waals surface area (Å²) in [5, 5.41) is 0.729. The van der Waals surface area contributed by atoms with E-state index in [1.807, 2.05) is 24.3 Å². The molecule has 1 aromatic rings. The van der Waals surface area contributed by atoms with Gasteiger partial charge in [0.1, 0.15) is 0 Å². The summed E-state index contributed by atoms with van der Waals surface area (Å²) in [5.74, 6) is 0. The standard InChI is InChI=1S/C7H6Cl.Zn/c1-6-4-2-3-5-7(6)8;/h2-5H,1H2;. The van der Waals surface area contributed by atoms with Gasteiger partial charge in [0.25, 0.3) is 0 Å². The maximum Gasteiger partial charge on any atom is 0.0438 e. The summed E-state index contributed by atoms with van der Waals surface area (Å²) in [7, 11) is 0. The molecule has 0 spiro atoms. The Kier molecular flexibility index (Phi) is 4.09. The Morgan fingerprint density at radius 1 is 1.22 bits per heavy atom. The van der Waals surface area contributed by atoms with E-state index in [-0.39, 0.29) is 19.5 Å². The summed E-state index contributed by atoms with van der Waals surface area (Å²) in [6.45, 7) is 3.69. The van der Waals surface area contributed by atoms with Crippen molar-refractivity contribution in [2.75, 3.05) is 0 Å². The van der Waals surface area contributed by atoms with Gasteiger partial charge in [-0.1, -0.05) is 29.8 Å². The summed E-state index contributed by atoms with van der Waals surface area (Å²) in [4.78, 5) is 0. The van der Waals surface area contributed by atoms with Crippen molar-refractivity contribution in [3.8, 4) is 0 Å². The molecule has 0 bridgehead atoms. The zero-order chi connectivity index (χ0) is 5.98. The zero-order valence-corrected chi connectivity index (χ0v) is 8.82. The third-order valence-electron chi connectivity index (χ3n) is 0.958. The Morgan fingerprint density at radius 3 is 2.11 bits per heavy atom. The van der Waals surface area contributed by atoms with E-state index in [0.717, 1.165) is 10.6 Å². The van der Waals surface area contributed by atoms with E-state index >= 15 is 0 Å². The molecule has 0 N–H and O–H groups in total. The average molecular weight is 191 g/mol. The molecule has 43 valence electrons. The van der Waals surface area contributed by atoms with E-state index in [4.69, 9.17) is 11.6 Å². The van der Waals surface area contributed by atoms with E-state index in [0.29, 0.717) is 0 Å². The van der Waals surface area contributed by atoms with Crippen molar-refractivity contribution in [1.82, 2.24) is 0 Å². The van der Waals surface area contributed by atoms with E-state index in [9.17, 15) is 0 Å². The van der Waals surface area contributed by atoms with Gasteiger partial charge in [0.15, 0.2) is 0 Å². The molecule has 0 fully saturated rings. The molecule has 0 atom stereocenters. The molecule has 0 heterocycles. The number of rotatable bonds is 0. The van der Waals surface area contributed by atoms with E-state index in [1.165, 1.54) is 0 Å². The summed E-state index contributed by atoms with van der Waals surface area (Å²) in [6.07, 6.45) is 0. The molecule has 2 heteroatoms. The Morgan fingerprint density at radius 2 is 1.78 bits per heavy atom. The van der Waals surface area contributed by atoms with Crippen LogP contribution in [0.4, 0.5) is 0 Å². The number of hydrogen-bond acceptors (Lipinski definition) is 0. The quantitative estimate of drug-likeness (QED) is 0.552. The second-order valence-corrected chi connectivity index (χ2v) is 2.00. The Bertz CT molecular complexity index is 165. The summed E-state index contributed by atoms with van der Waals surface area (Å²) in [6, 6.07) is 7.50. The monoisotopic (exact) mass is 189 g/mol. The molecule has 0 aliphatic rings. The first kappa shape index (κ1) is 9.13. The van der Waals surface area contributed by atoms with Crippen molar-refractivity contribution >= 4 is 11.6 Å². The van der Waals surface area contributed by atoms with Crippen LogP contribution in [0.15, 0.2) is 24.3 Å². The topological polar surface area (TPSA) is 0 Å². The van der Waals surface area contributed by atoms with Gasteiger partial charge in [0, 0.05) is 24.5 Å². The normalized spacial score (nSPS) is 8.22. The molecule has 0 amide bonds. The minimum atomic E-state index is 0. The summed E-state index contributed by atoms with van der Waals surface area (Å²) < 4.78 is 0. The zero-order valence-electron chi connectivity index (χ0n) is 5.10. The van der Waals surface area contributed by atoms with Crippen molar-refractivity contribution in [2.24, 2.45) is 0 Å². The fourth-order valence-corrected chi connectivity index (χ4v) is 0.634. The van der Waals surface area contributed by atoms with Crippen LogP contribution in [0.2, 0.25) is 5.02 Å². The van der Waals surface area contributed by atoms with Crippen LogP contribution in [0.25, 0.3) is 0 Å². The van der Waals surface area contributed by atoms with E-state index in [1.54, 1.807) is 0 Å². The maximum absolute atomic E-state index is 5.65. The van der Waals surface area contributed by atoms with Crippen LogP contribution in [0.3, 0.4) is 0 Å². The molecule has 1 radical (unpaired) electrons. The first-order chi connectivity index (χ1) is 3.80. The first-order valence-corrected chi connectivity index (χ1v) is 2.75. The van der Waals surface area contributed by atoms with Gasteiger partial charge in [-0.05, 0) is 18.6 Å². The molecule has 0 aliphatic heterocycles. The van der Waals surface area contributed by atoms with Crippen LogP contribution < -0.4 is 0 Å². The van der Waals surface area contributed by atoms with Crippen molar-refractivity contribution in [1.29, 1.82) is 0 Å². The van der Waals surface area contributed by atoms with Crippen LogP contribution in [-0.2, 0) is 19.5 Å². The Balaban J connectivity index is 0.000000640. The molecule has 0 saturated carbocycles. The van der Waals surface area contributed by atoms with Gasteiger partial charge >= 0.3 is 0 Å². The fourth-order valence-electron chi connectivity index (χ4n) is 0.498. The summed E-state index contributed by atoms with van der Waals surface area (Å²) >= 11 is 5.65. The minimum Gasteiger partial charge on any atom is -0.0840 e. The molecule has 1 aromatic carbocycles. The summed E-state index contributed by atoms with van der Waals surface area (Å²) in [5.41, 5.74) is 0.883. The third kappa shape index (κ3) is 2.47. The van der Waals surface area contributed by atoms with Gasteiger partial charge in [-0.15, -0.1) is 0 Å². The van der Waals surface area contributed by atoms with Gasteiger partial charge in [0.2, 0.25) is 0 Å². The van der Waals surface area contributed by atoms with Crippen molar-refractivity contribution in [2.45, 2.75) is 0 Å². The van der Waals surface area contributed by atoms with Gasteiger partial charge < -0.3 is 0 Å². The molecular formula is C7H6ClZn. The SMILES string of the molecule is [CH2]c1ccccc1Cl.[Zn]. The molecular weight excluding hydrogens is 185 g/mol. The predicted octanol–water partition coefficient (Wildman–Crippen LogP) is 2.52. The van der Waals surface area contributed by atoms with Crippen molar-refractivity contribution in [3.63, 3.8) is 0 Å².